The summed E-state index contributed by atoms with van der Waals surface area (Å²) in [5, 5.41) is 1.46. The van der Waals surface area contributed by atoms with Crippen LogP contribution < -0.4 is 10.5 Å². The quantitative estimate of drug-likeness (QED) is 0.334. The highest BCUT2D eigenvalue weighted by Gasteiger charge is 2.16. The minimum atomic E-state index is -0.349. The number of fused-ring (bicyclic) bond motifs is 1. The maximum absolute atomic E-state index is 13.6. The summed E-state index contributed by atoms with van der Waals surface area (Å²) in [6.45, 7) is 0.650. The van der Waals surface area contributed by atoms with E-state index in [2.05, 4.69) is 4.98 Å². The molecule has 3 nitrogen and oxygen atoms in total. The van der Waals surface area contributed by atoms with E-state index in [1.54, 1.807) is 6.07 Å². The first-order valence-electron chi connectivity index (χ1n) is 9.68. The van der Waals surface area contributed by atoms with E-state index in [-0.39, 0.29) is 5.82 Å². The summed E-state index contributed by atoms with van der Waals surface area (Å²) in [5.41, 5.74) is 9.52. The number of nitrogens with two attached hydrogens (primary N) is 1. The lowest BCUT2D eigenvalue weighted by molar-refractivity contribution is 0.483. The van der Waals surface area contributed by atoms with Crippen LogP contribution in [0.2, 0.25) is 5.02 Å². The Bertz CT molecular complexity index is 1120. The Morgan fingerprint density at radius 3 is 2.52 bits per heavy atom. The Balaban J connectivity index is 1.79. The van der Waals surface area contributed by atoms with Crippen LogP contribution >= 0.6 is 11.6 Å². The molecule has 0 aliphatic carbocycles. The zero-order valence-electron chi connectivity index (χ0n) is 15.9. The molecule has 4 aromatic rings. The van der Waals surface area contributed by atoms with Gasteiger partial charge in [0.05, 0.1) is 10.7 Å². The van der Waals surface area contributed by atoms with E-state index in [9.17, 15) is 4.39 Å². The SMILES string of the molecule is NCCCCc1c(-c2ccc(F)cc2Cl)[nH]c2ccc(Oc3ccccc3)cc12. The molecule has 0 saturated carbocycles. The van der Waals surface area contributed by atoms with Crippen LogP contribution in [0.25, 0.3) is 22.2 Å². The van der Waals surface area contributed by atoms with Crippen molar-refractivity contribution in [3.63, 3.8) is 0 Å². The van der Waals surface area contributed by atoms with Crippen molar-refractivity contribution < 1.29 is 9.13 Å². The average molecular weight is 409 g/mol. The number of unbranched alkanes of at least 4 members (excludes halogenated alkanes) is 1. The minimum Gasteiger partial charge on any atom is -0.457 e. The van der Waals surface area contributed by atoms with Crippen LogP contribution in [0.1, 0.15) is 18.4 Å². The van der Waals surface area contributed by atoms with Crippen LogP contribution in [0.3, 0.4) is 0 Å². The monoisotopic (exact) mass is 408 g/mol. The fraction of sp³-hybridized carbons (Fsp3) is 0.167. The summed E-state index contributed by atoms with van der Waals surface area (Å²) >= 11 is 6.36. The number of aromatic nitrogens is 1. The molecule has 1 aromatic heterocycles. The van der Waals surface area contributed by atoms with Crippen LogP contribution in [-0.2, 0) is 6.42 Å². The normalized spacial score (nSPS) is 11.1. The molecule has 3 N–H and O–H groups in total. The molecule has 0 saturated heterocycles. The molecule has 4 rings (SSSR count). The van der Waals surface area contributed by atoms with Crippen LogP contribution in [0.15, 0.2) is 66.7 Å². The van der Waals surface area contributed by atoms with Crippen molar-refractivity contribution in [1.82, 2.24) is 4.98 Å². The highest BCUT2D eigenvalue weighted by molar-refractivity contribution is 6.33. The topological polar surface area (TPSA) is 51.0 Å². The molecular formula is C24H22ClFN2O. The van der Waals surface area contributed by atoms with Gasteiger partial charge in [-0.15, -0.1) is 0 Å². The zero-order valence-corrected chi connectivity index (χ0v) is 16.7. The molecule has 0 bridgehead atoms. The van der Waals surface area contributed by atoms with Gasteiger partial charge >= 0.3 is 0 Å². The van der Waals surface area contributed by atoms with E-state index in [1.807, 2.05) is 48.5 Å². The lowest BCUT2D eigenvalue weighted by atomic mass is 10.00. The van der Waals surface area contributed by atoms with Gasteiger partial charge in [0.1, 0.15) is 17.3 Å². The van der Waals surface area contributed by atoms with E-state index in [1.165, 1.54) is 12.1 Å². The molecule has 0 aliphatic heterocycles. The van der Waals surface area contributed by atoms with Crippen LogP contribution in [0.5, 0.6) is 11.5 Å². The lowest BCUT2D eigenvalue weighted by Crippen LogP contribution is -1.99. The molecule has 148 valence electrons. The maximum atomic E-state index is 13.6. The molecule has 3 aromatic carbocycles. The van der Waals surface area contributed by atoms with Gasteiger partial charge in [0.25, 0.3) is 0 Å². The molecule has 0 spiro atoms. The average Bonchev–Trinajstić information content (AvgIpc) is 3.07. The van der Waals surface area contributed by atoms with E-state index in [4.69, 9.17) is 22.1 Å². The lowest BCUT2D eigenvalue weighted by Gasteiger charge is -2.08. The number of aryl methyl sites for hydroxylation is 1. The first-order valence-corrected chi connectivity index (χ1v) is 10.1. The van der Waals surface area contributed by atoms with Gasteiger partial charge in [-0.2, -0.15) is 0 Å². The van der Waals surface area contributed by atoms with Gasteiger partial charge in [-0.1, -0.05) is 29.8 Å². The maximum Gasteiger partial charge on any atom is 0.128 e. The smallest absolute Gasteiger partial charge is 0.128 e. The van der Waals surface area contributed by atoms with Crippen molar-refractivity contribution in [3.05, 3.63) is 83.1 Å². The Hall–Kier alpha value is -2.82. The number of aromatic amines is 1. The van der Waals surface area contributed by atoms with Crippen LogP contribution in [-0.4, -0.2) is 11.5 Å². The number of rotatable bonds is 7. The van der Waals surface area contributed by atoms with E-state index < -0.39 is 0 Å². The summed E-state index contributed by atoms with van der Waals surface area (Å²) in [6.07, 6.45) is 2.73. The molecule has 0 unspecified atom stereocenters. The summed E-state index contributed by atoms with van der Waals surface area (Å²) in [7, 11) is 0. The van der Waals surface area contributed by atoms with Crippen LogP contribution in [0, 0.1) is 5.82 Å². The standard InChI is InChI=1S/C24H22ClFN2O/c25-22-14-16(26)9-11-20(22)24-19(8-4-5-13-27)21-15-18(10-12-23(21)28-24)29-17-6-2-1-3-7-17/h1-3,6-7,9-12,14-15,28H,4-5,8,13,27H2. The molecular weight excluding hydrogens is 387 g/mol. The third-order valence-electron chi connectivity index (χ3n) is 4.94. The Kier molecular flexibility index (Phi) is 5.84. The molecule has 0 fully saturated rings. The predicted octanol–water partition coefficient (Wildman–Crippen LogP) is 6.70. The third-order valence-corrected chi connectivity index (χ3v) is 5.25. The van der Waals surface area contributed by atoms with Crippen LogP contribution in [0.4, 0.5) is 4.39 Å². The third kappa shape index (κ3) is 4.29. The Morgan fingerprint density at radius 1 is 0.931 bits per heavy atom. The second-order valence-corrected chi connectivity index (χ2v) is 7.38. The fourth-order valence-corrected chi connectivity index (χ4v) is 3.80. The minimum absolute atomic E-state index is 0.349. The molecule has 5 heteroatoms. The zero-order chi connectivity index (χ0) is 20.2. The molecule has 0 aliphatic rings. The van der Waals surface area contributed by atoms with Crippen molar-refractivity contribution in [2.45, 2.75) is 19.3 Å². The molecule has 0 amide bonds. The van der Waals surface area contributed by atoms with E-state index in [0.717, 1.165) is 58.5 Å². The number of benzene rings is 3. The molecule has 1 heterocycles. The number of H-pyrrole nitrogens is 1. The van der Waals surface area contributed by atoms with E-state index in [0.29, 0.717) is 11.6 Å². The van der Waals surface area contributed by atoms with Gasteiger partial charge in [-0.3, -0.25) is 0 Å². The van der Waals surface area contributed by atoms with Crippen molar-refractivity contribution >= 4 is 22.5 Å². The fourth-order valence-electron chi connectivity index (χ4n) is 3.54. The summed E-state index contributed by atoms with van der Waals surface area (Å²) in [4.78, 5) is 3.47. The predicted molar refractivity (Wildman–Crippen MR) is 117 cm³/mol. The second-order valence-electron chi connectivity index (χ2n) is 6.97. The number of hydrogen-bond acceptors (Lipinski definition) is 2. The number of para-hydroxylation sites is 1. The molecule has 29 heavy (non-hydrogen) atoms. The van der Waals surface area contributed by atoms with Gasteiger partial charge in [-0.25, -0.2) is 4.39 Å². The Labute approximate surface area is 174 Å². The molecule has 0 atom stereocenters. The highest BCUT2D eigenvalue weighted by atomic mass is 35.5. The number of ether oxygens (including phenoxy) is 1. The van der Waals surface area contributed by atoms with Crippen molar-refractivity contribution in [3.8, 4) is 22.8 Å². The molecule has 0 radical (unpaired) electrons. The Morgan fingerprint density at radius 2 is 1.76 bits per heavy atom. The summed E-state index contributed by atoms with van der Waals surface area (Å²) in [6, 6.07) is 20.2. The summed E-state index contributed by atoms with van der Waals surface area (Å²) in [5.74, 6) is 1.20. The van der Waals surface area contributed by atoms with Gasteiger partial charge in [0.15, 0.2) is 0 Å². The van der Waals surface area contributed by atoms with Gasteiger partial charge < -0.3 is 15.5 Å². The number of nitrogens with one attached hydrogen (secondary N) is 1. The van der Waals surface area contributed by atoms with Gasteiger partial charge in [0, 0.05) is 16.5 Å². The van der Waals surface area contributed by atoms with Gasteiger partial charge in [0.2, 0.25) is 0 Å². The number of hydrogen-bond donors (Lipinski definition) is 2. The van der Waals surface area contributed by atoms with Crippen molar-refractivity contribution in [2.75, 3.05) is 6.54 Å². The van der Waals surface area contributed by atoms with Gasteiger partial charge in [-0.05, 0) is 79.9 Å². The first kappa shape index (κ1) is 19.5. The van der Waals surface area contributed by atoms with E-state index >= 15 is 0 Å². The second kappa shape index (κ2) is 8.68. The largest absolute Gasteiger partial charge is 0.457 e. The van der Waals surface area contributed by atoms with Crippen molar-refractivity contribution in [2.24, 2.45) is 5.73 Å². The van der Waals surface area contributed by atoms with Crippen molar-refractivity contribution in [1.29, 1.82) is 0 Å². The first-order chi connectivity index (χ1) is 14.2. The number of halogens is 2. The summed E-state index contributed by atoms with van der Waals surface area (Å²) < 4.78 is 19.6. The highest BCUT2D eigenvalue weighted by Crippen LogP contribution is 2.37.